The van der Waals surface area contributed by atoms with E-state index in [0.29, 0.717) is 6.54 Å². The highest BCUT2D eigenvalue weighted by Gasteiger charge is 2.10. The Labute approximate surface area is 95.1 Å². The van der Waals surface area contributed by atoms with E-state index in [1.807, 2.05) is 6.92 Å². The molecule has 0 saturated carbocycles. The lowest BCUT2D eigenvalue weighted by atomic mass is 10.1. The van der Waals surface area contributed by atoms with Crippen molar-refractivity contribution in [2.75, 3.05) is 20.5 Å². The maximum Gasteiger partial charge on any atom is 0.127 e. The first-order chi connectivity index (χ1) is 7.24. The Morgan fingerprint density at radius 3 is 2.60 bits per heavy atom. The van der Waals surface area contributed by atoms with Gasteiger partial charge in [-0.2, -0.15) is 5.48 Å². The molecule has 1 aromatic carbocycles. The number of rotatable bonds is 5. The van der Waals surface area contributed by atoms with E-state index in [9.17, 15) is 0 Å². The molecule has 0 bridgehead atoms. The molecule has 0 aliphatic heterocycles. The lowest BCUT2D eigenvalue weighted by molar-refractivity contribution is 0.0855. The van der Waals surface area contributed by atoms with Crippen LogP contribution >= 0.6 is 11.8 Å². The zero-order chi connectivity index (χ0) is 11.3. The molecule has 0 aliphatic rings. The Morgan fingerprint density at radius 1 is 1.33 bits per heavy atom. The molecule has 0 radical (unpaired) electrons. The minimum Gasteiger partial charge on any atom is -0.496 e. The first kappa shape index (κ1) is 12.4. The summed E-state index contributed by atoms with van der Waals surface area (Å²) in [4.78, 5) is 6.08. The molecule has 1 rings (SSSR count). The van der Waals surface area contributed by atoms with Crippen molar-refractivity contribution in [1.29, 1.82) is 0 Å². The molecule has 0 saturated heterocycles. The van der Waals surface area contributed by atoms with Crippen molar-refractivity contribution in [3.05, 3.63) is 23.3 Å². The van der Waals surface area contributed by atoms with Gasteiger partial charge in [-0.3, -0.25) is 0 Å². The molecule has 4 heteroatoms. The fraction of sp³-hybridized carbons (Fsp3) is 0.455. The highest BCUT2D eigenvalue weighted by atomic mass is 32.2. The zero-order valence-corrected chi connectivity index (χ0v) is 10.4. The molecule has 0 heterocycles. The second-order valence-corrected chi connectivity index (χ2v) is 3.97. The van der Waals surface area contributed by atoms with E-state index >= 15 is 0 Å². The Morgan fingerprint density at radius 2 is 2.07 bits per heavy atom. The van der Waals surface area contributed by atoms with E-state index in [1.165, 1.54) is 4.90 Å². The van der Waals surface area contributed by atoms with E-state index in [1.54, 1.807) is 26.0 Å². The van der Waals surface area contributed by atoms with Crippen molar-refractivity contribution < 1.29 is 9.57 Å². The number of hydrogen-bond donors (Lipinski definition) is 1. The summed E-state index contributed by atoms with van der Waals surface area (Å²) in [6, 6.07) is 4.18. The molecule has 0 amide bonds. The molecule has 15 heavy (non-hydrogen) atoms. The molecule has 0 aliphatic carbocycles. The minimum absolute atomic E-state index is 0.650. The maximum absolute atomic E-state index is 5.41. The van der Waals surface area contributed by atoms with Crippen LogP contribution in [-0.2, 0) is 11.4 Å². The number of aryl methyl sites for hydroxylation is 1. The highest BCUT2D eigenvalue weighted by molar-refractivity contribution is 7.98. The number of hydroxylamine groups is 1. The average molecular weight is 227 g/mol. The Kier molecular flexibility index (Phi) is 4.94. The van der Waals surface area contributed by atoms with Crippen LogP contribution in [-0.4, -0.2) is 20.5 Å². The van der Waals surface area contributed by atoms with Crippen LogP contribution in [0.1, 0.15) is 11.1 Å². The Balaban J connectivity index is 3.09. The van der Waals surface area contributed by atoms with Gasteiger partial charge in [-0.1, -0.05) is 6.07 Å². The lowest BCUT2D eigenvalue weighted by Crippen LogP contribution is -2.13. The number of thioether (sulfide) groups is 1. The van der Waals surface area contributed by atoms with Crippen LogP contribution < -0.4 is 10.2 Å². The monoisotopic (exact) mass is 227 g/mol. The van der Waals surface area contributed by atoms with Crippen LogP contribution in [0.2, 0.25) is 0 Å². The Bertz CT molecular complexity index is 329. The third-order valence-corrected chi connectivity index (χ3v) is 3.05. The van der Waals surface area contributed by atoms with Gasteiger partial charge in [0.05, 0.1) is 20.8 Å². The van der Waals surface area contributed by atoms with Crippen LogP contribution in [0.3, 0.4) is 0 Å². The van der Waals surface area contributed by atoms with Crippen molar-refractivity contribution in [1.82, 2.24) is 5.48 Å². The fourth-order valence-corrected chi connectivity index (χ4v) is 2.13. The van der Waals surface area contributed by atoms with Crippen molar-refractivity contribution in [3.8, 4) is 5.75 Å². The van der Waals surface area contributed by atoms with E-state index < -0.39 is 0 Å². The molecule has 1 N–H and O–H groups in total. The van der Waals surface area contributed by atoms with Gasteiger partial charge < -0.3 is 9.57 Å². The maximum atomic E-state index is 5.41. The van der Waals surface area contributed by atoms with Crippen molar-refractivity contribution >= 4 is 11.8 Å². The smallest absolute Gasteiger partial charge is 0.127 e. The van der Waals surface area contributed by atoms with Gasteiger partial charge in [-0.25, -0.2) is 0 Å². The summed E-state index contributed by atoms with van der Waals surface area (Å²) in [5.74, 6) is 0.936. The van der Waals surface area contributed by atoms with E-state index in [2.05, 4.69) is 23.9 Å². The first-order valence-corrected chi connectivity index (χ1v) is 5.93. The molecular weight excluding hydrogens is 210 g/mol. The van der Waals surface area contributed by atoms with Gasteiger partial charge in [0, 0.05) is 10.5 Å². The number of ether oxygens (including phenoxy) is 1. The van der Waals surface area contributed by atoms with Gasteiger partial charge in [0.15, 0.2) is 0 Å². The summed E-state index contributed by atoms with van der Waals surface area (Å²) in [5, 5.41) is 0. The first-order valence-electron chi connectivity index (χ1n) is 4.70. The van der Waals surface area contributed by atoms with Crippen LogP contribution in [0, 0.1) is 6.92 Å². The van der Waals surface area contributed by atoms with Crippen molar-refractivity contribution in [2.24, 2.45) is 0 Å². The third-order valence-electron chi connectivity index (χ3n) is 2.23. The van der Waals surface area contributed by atoms with Gasteiger partial charge in [0.2, 0.25) is 0 Å². The van der Waals surface area contributed by atoms with E-state index in [-0.39, 0.29) is 0 Å². The third kappa shape index (κ3) is 2.87. The van der Waals surface area contributed by atoms with Gasteiger partial charge in [-0.15, -0.1) is 11.8 Å². The highest BCUT2D eigenvalue weighted by Crippen LogP contribution is 2.31. The lowest BCUT2D eigenvalue weighted by Gasteiger charge is -2.14. The molecular formula is C11H17NO2S. The summed E-state index contributed by atoms with van der Waals surface area (Å²) in [6.07, 6.45) is 2.06. The fourth-order valence-electron chi connectivity index (χ4n) is 1.51. The Hall–Kier alpha value is -0.710. The SMILES string of the molecule is CONCc1c(SC)ccc(C)c1OC. The number of benzene rings is 1. The van der Waals surface area contributed by atoms with Crippen LogP contribution in [0.15, 0.2) is 17.0 Å². The molecule has 0 fully saturated rings. The zero-order valence-electron chi connectivity index (χ0n) is 9.59. The summed E-state index contributed by atoms with van der Waals surface area (Å²) in [6.45, 7) is 2.69. The van der Waals surface area contributed by atoms with Crippen molar-refractivity contribution in [2.45, 2.75) is 18.4 Å². The van der Waals surface area contributed by atoms with Crippen LogP contribution in [0.25, 0.3) is 0 Å². The van der Waals surface area contributed by atoms with Crippen molar-refractivity contribution in [3.63, 3.8) is 0 Å². The molecule has 0 aromatic heterocycles. The normalized spacial score (nSPS) is 10.4. The molecule has 0 atom stereocenters. The molecule has 0 unspecified atom stereocenters. The number of nitrogens with one attached hydrogen (secondary N) is 1. The average Bonchev–Trinajstić information content (AvgIpc) is 2.26. The number of hydrogen-bond acceptors (Lipinski definition) is 4. The van der Waals surface area contributed by atoms with E-state index in [4.69, 9.17) is 9.57 Å². The molecule has 1 aromatic rings. The second-order valence-electron chi connectivity index (χ2n) is 3.12. The molecule has 84 valence electrons. The van der Waals surface area contributed by atoms with Crippen LogP contribution in [0.4, 0.5) is 0 Å². The molecule has 0 spiro atoms. The van der Waals surface area contributed by atoms with E-state index in [0.717, 1.165) is 16.9 Å². The summed E-state index contributed by atoms with van der Waals surface area (Å²) < 4.78 is 5.41. The predicted octanol–water partition coefficient (Wildman–Crippen LogP) is 2.38. The minimum atomic E-state index is 0.650. The largest absolute Gasteiger partial charge is 0.496 e. The second kappa shape index (κ2) is 6.00. The summed E-state index contributed by atoms with van der Waals surface area (Å²) in [7, 11) is 3.31. The topological polar surface area (TPSA) is 30.5 Å². The van der Waals surface area contributed by atoms with Gasteiger partial charge in [0.1, 0.15) is 5.75 Å². The van der Waals surface area contributed by atoms with Gasteiger partial charge in [0.25, 0.3) is 0 Å². The molecule has 3 nitrogen and oxygen atoms in total. The standard InChI is InChI=1S/C11H17NO2S/c1-8-5-6-10(15-4)9(7-12-14-3)11(8)13-2/h5-6,12H,7H2,1-4H3. The van der Waals surface area contributed by atoms with Gasteiger partial charge >= 0.3 is 0 Å². The number of methoxy groups -OCH3 is 1. The summed E-state index contributed by atoms with van der Waals surface area (Å²) >= 11 is 1.71. The van der Waals surface area contributed by atoms with Crippen LogP contribution in [0.5, 0.6) is 5.75 Å². The van der Waals surface area contributed by atoms with Gasteiger partial charge in [-0.05, 0) is 24.8 Å². The summed E-state index contributed by atoms with van der Waals surface area (Å²) in [5.41, 5.74) is 5.13. The predicted molar refractivity (Wildman–Crippen MR) is 63.4 cm³/mol. The quantitative estimate of drug-likeness (QED) is 0.618.